The van der Waals surface area contributed by atoms with E-state index in [1.54, 1.807) is 24.5 Å². The lowest BCUT2D eigenvalue weighted by molar-refractivity contribution is 0.0703. The Balaban J connectivity index is 2.48. The van der Waals surface area contributed by atoms with Crippen LogP contribution >= 0.6 is 11.3 Å². The van der Waals surface area contributed by atoms with Gasteiger partial charge in [0.25, 0.3) is 0 Å². The van der Waals surface area contributed by atoms with Crippen LogP contribution in [0.5, 0.6) is 0 Å². The van der Waals surface area contributed by atoms with Crippen LogP contribution in [-0.2, 0) is 0 Å². The molecule has 2 aromatic rings. The smallest absolute Gasteiger partial charge is 0.349 e. The van der Waals surface area contributed by atoms with Gasteiger partial charge in [-0.2, -0.15) is 0 Å². The molecule has 0 aromatic carbocycles. The Morgan fingerprint density at radius 2 is 2.33 bits per heavy atom. The zero-order valence-electron chi connectivity index (χ0n) is 7.54. The fourth-order valence-electron chi connectivity index (χ4n) is 1.10. The summed E-state index contributed by atoms with van der Waals surface area (Å²) in [7, 11) is 0. The number of aromatic carboxylic acids is 1. The third-order valence-electron chi connectivity index (χ3n) is 1.76. The van der Waals surface area contributed by atoms with Crippen molar-refractivity contribution in [2.75, 3.05) is 5.73 Å². The van der Waals surface area contributed by atoms with Gasteiger partial charge in [-0.3, -0.25) is 4.98 Å². The highest BCUT2D eigenvalue weighted by Gasteiger charge is 2.15. The number of hydrogen-bond donors (Lipinski definition) is 2. The summed E-state index contributed by atoms with van der Waals surface area (Å²) in [5.41, 5.74) is 6.24. The SMILES string of the molecule is Nc1nc(-c2cccnc2)sc1C(=O)O. The van der Waals surface area contributed by atoms with Gasteiger partial charge < -0.3 is 10.8 Å². The van der Waals surface area contributed by atoms with Gasteiger partial charge in [-0.25, -0.2) is 9.78 Å². The average Bonchev–Trinajstić information content (AvgIpc) is 2.62. The zero-order chi connectivity index (χ0) is 10.8. The fourth-order valence-corrected chi connectivity index (χ4v) is 1.91. The van der Waals surface area contributed by atoms with Gasteiger partial charge in [-0.15, -0.1) is 11.3 Å². The van der Waals surface area contributed by atoms with E-state index in [9.17, 15) is 4.79 Å². The van der Waals surface area contributed by atoms with Gasteiger partial charge in [-0.05, 0) is 12.1 Å². The Bertz CT molecular complexity index is 495. The molecule has 5 nitrogen and oxygen atoms in total. The number of carbonyl (C=O) groups is 1. The fraction of sp³-hybridized carbons (Fsp3) is 0. The summed E-state index contributed by atoms with van der Waals surface area (Å²) in [6, 6.07) is 3.56. The van der Waals surface area contributed by atoms with Gasteiger partial charge in [0.1, 0.15) is 10.8 Å². The van der Waals surface area contributed by atoms with E-state index in [1.807, 2.05) is 0 Å². The summed E-state index contributed by atoms with van der Waals surface area (Å²) < 4.78 is 0. The second-order valence-corrected chi connectivity index (χ2v) is 3.78. The minimum absolute atomic E-state index is 0.0475. The molecule has 0 atom stereocenters. The highest BCUT2D eigenvalue weighted by atomic mass is 32.1. The number of rotatable bonds is 2. The first kappa shape index (κ1) is 9.60. The lowest BCUT2D eigenvalue weighted by atomic mass is 10.3. The summed E-state index contributed by atoms with van der Waals surface area (Å²) in [5.74, 6) is -1.01. The van der Waals surface area contributed by atoms with Gasteiger partial charge in [-0.1, -0.05) is 0 Å². The molecule has 2 heterocycles. The van der Waals surface area contributed by atoms with Crippen molar-refractivity contribution in [3.8, 4) is 10.6 Å². The Hall–Kier alpha value is -1.95. The predicted octanol–water partition coefficient (Wildman–Crippen LogP) is 1.49. The molecule has 0 saturated heterocycles. The van der Waals surface area contributed by atoms with E-state index in [1.165, 1.54) is 0 Å². The molecular weight excluding hydrogens is 214 g/mol. The Labute approximate surface area is 89.2 Å². The van der Waals surface area contributed by atoms with E-state index < -0.39 is 5.97 Å². The molecule has 0 fully saturated rings. The number of nitrogens with zero attached hydrogens (tertiary/aromatic N) is 2. The van der Waals surface area contributed by atoms with Crippen molar-refractivity contribution in [1.82, 2.24) is 9.97 Å². The molecule has 0 aliphatic carbocycles. The van der Waals surface area contributed by atoms with Gasteiger partial charge >= 0.3 is 5.97 Å². The van der Waals surface area contributed by atoms with Crippen molar-refractivity contribution in [3.05, 3.63) is 29.4 Å². The number of aromatic nitrogens is 2. The van der Waals surface area contributed by atoms with Crippen LogP contribution in [0.4, 0.5) is 5.82 Å². The molecule has 0 amide bonds. The second-order valence-electron chi connectivity index (χ2n) is 2.78. The number of nitrogen functional groups attached to an aromatic ring is 1. The molecule has 0 bridgehead atoms. The monoisotopic (exact) mass is 221 g/mol. The first-order valence-electron chi connectivity index (χ1n) is 4.08. The van der Waals surface area contributed by atoms with E-state index in [0.29, 0.717) is 5.01 Å². The van der Waals surface area contributed by atoms with Crippen LogP contribution in [0, 0.1) is 0 Å². The molecule has 0 aliphatic heterocycles. The maximum atomic E-state index is 10.7. The maximum Gasteiger partial charge on any atom is 0.349 e. The largest absolute Gasteiger partial charge is 0.477 e. The molecule has 6 heteroatoms. The van der Waals surface area contributed by atoms with E-state index in [4.69, 9.17) is 10.8 Å². The molecule has 76 valence electrons. The van der Waals surface area contributed by atoms with Gasteiger partial charge in [0, 0.05) is 18.0 Å². The number of hydrogen-bond acceptors (Lipinski definition) is 5. The molecule has 3 N–H and O–H groups in total. The van der Waals surface area contributed by atoms with Crippen LogP contribution in [-0.4, -0.2) is 21.0 Å². The number of thiazole rings is 1. The van der Waals surface area contributed by atoms with Crippen molar-refractivity contribution >= 4 is 23.1 Å². The standard InChI is InChI=1S/C9H7N3O2S/c10-7-6(9(13)14)15-8(12-7)5-2-1-3-11-4-5/h1-4H,10H2,(H,13,14). The van der Waals surface area contributed by atoms with Gasteiger partial charge in [0.15, 0.2) is 4.88 Å². The highest BCUT2D eigenvalue weighted by molar-refractivity contribution is 7.17. The van der Waals surface area contributed by atoms with E-state index in [2.05, 4.69) is 9.97 Å². The normalized spacial score (nSPS) is 10.1. The molecule has 15 heavy (non-hydrogen) atoms. The van der Waals surface area contributed by atoms with Gasteiger partial charge in [0.2, 0.25) is 0 Å². The average molecular weight is 221 g/mol. The molecule has 0 radical (unpaired) electrons. The van der Waals surface area contributed by atoms with Crippen molar-refractivity contribution in [2.45, 2.75) is 0 Å². The molecule has 2 rings (SSSR count). The first-order chi connectivity index (χ1) is 7.18. The van der Waals surface area contributed by atoms with Crippen molar-refractivity contribution in [1.29, 1.82) is 0 Å². The molecular formula is C9H7N3O2S. The molecule has 0 spiro atoms. The summed E-state index contributed by atoms with van der Waals surface area (Å²) in [6.45, 7) is 0. The third-order valence-corrected chi connectivity index (χ3v) is 2.86. The summed E-state index contributed by atoms with van der Waals surface area (Å²) in [5, 5.41) is 9.37. The van der Waals surface area contributed by atoms with Crippen LogP contribution in [0.3, 0.4) is 0 Å². The number of carboxylic acids is 1. The zero-order valence-corrected chi connectivity index (χ0v) is 8.36. The van der Waals surface area contributed by atoms with Gasteiger partial charge in [0.05, 0.1) is 0 Å². The lowest BCUT2D eigenvalue weighted by Crippen LogP contribution is -1.97. The van der Waals surface area contributed by atoms with Crippen molar-refractivity contribution in [3.63, 3.8) is 0 Å². The second kappa shape index (κ2) is 3.66. The van der Waals surface area contributed by atoms with E-state index in [-0.39, 0.29) is 10.7 Å². The number of nitrogens with two attached hydrogens (primary N) is 1. The Kier molecular flexibility index (Phi) is 2.34. The maximum absolute atomic E-state index is 10.7. The van der Waals surface area contributed by atoms with E-state index in [0.717, 1.165) is 16.9 Å². The van der Waals surface area contributed by atoms with Crippen LogP contribution in [0.1, 0.15) is 9.67 Å². The summed E-state index contributed by atoms with van der Waals surface area (Å²) in [4.78, 5) is 18.7. The number of anilines is 1. The van der Waals surface area contributed by atoms with Crippen LogP contribution in [0.25, 0.3) is 10.6 Å². The Morgan fingerprint density at radius 3 is 2.87 bits per heavy atom. The summed E-state index contributed by atoms with van der Waals surface area (Å²) >= 11 is 1.05. The molecule has 0 saturated carbocycles. The third kappa shape index (κ3) is 1.79. The summed E-state index contributed by atoms with van der Waals surface area (Å²) in [6.07, 6.45) is 3.25. The molecule has 2 aromatic heterocycles. The minimum atomic E-state index is -1.06. The number of carboxylic acid groups (broad SMARTS) is 1. The van der Waals surface area contributed by atoms with Crippen molar-refractivity contribution in [2.24, 2.45) is 0 Å². The first-order valence-corrected chi connectivity index (χ1v) is 4.90. The molecule has 0 aliphatic rings. The van der Waals surface area contributed by atoms with Crippen molar-refractivity contribution < 1.29 is 9.90 Å². The van der Waals surface area contributed by atoms with Crippen LogP contribution in [0.2, 0.25) is 0 Å². The number of pyridine rings is 1. The lowest BCUT2D eigenvalue weighted by Gasteiger charge is -1.91. The van der Waals surface area contributed by atoms with Crippen LogP contribution < -0.4 is 5.73 Å². The van der Waals surface area contributed by atoms with E-state index >= 15 is 0 Å². The molecule has 0 unspecified atom stereocenters. The van der Waals surface area contributed by atoms with Crippen LogP contribution in [0.15, 0.2) is 24.5 Å². The minimum Gasteiger partial charge on any atom is -0.477 e. The highest BCUT2D eigenvalue weighted by Crippen LogP contribution is 2.28. The topological polar surface area (TPSA) is 89.1 Å². The quantitative estimate of drug-likeness (QED) is 0.801. The Morgan fingerprint density at radius 1 is 1.53 bits per heavy atom. The predicted molar refractivity (Wildman–Crippen MR) is 56.7 cm³/mol.